The van der Waals surface area contributed by atoms with E-state index in [1.807, 2.05) is 18.9 Å². The van der Waals surface area contributed by atoms with Crippen molar-refractivity contribution in [3.63, 3.8) is 0 Å². The highest BCUT2D eigenvalue weighted by Gasteiger charge is 2.27. The molecule has 0 heterocycles. The van der Waals surface area contributed by atoms with Gasteiger partial charge in [0.05, 0.1) is 6.61 Å². The first kappa shape index (κ1) is 14.2. The number of halogens is 4. The fraction of sp³-hybridized carbons (Fsp3) is 1.00. The fourth-order valence-corrected chi connectivity index (χ4v) is 1.23. The average Bonchev–Trinajstić information content (AvgIpc) is 2.09. The van der Waals surface area contributed by atoms with Gasteiger partial charge in [-0.2, -0.15) is 13.2 Å². The fourth-order valence-electron chi connectivity index (χ4n) is 0.735. The summed E-state index contributed by atoms with van der Waals surface area (Å²) >= 11 is 3.29. The molecule has 0 aromatic rings. The lowest BCUT2D eigenvalue weighted by atomic mass is 10.3. The van der Waals surface area contributed by atoms with Crippen LogP contribution in [0.4, 0.5) is 13.2 Å². The molecule has 0 bridgehead atoms. The van der Waals surface area contributed by atoms with Crippen molar-refractivity contribution in [3.8, 4) is 0 Å². The van der Waals surface area contributed by atoms with Gasteiger partial charge < -0.3 is 9.64 Å². The van der Waals surface area contributed by atoms with E-state index in [1.54, 1.807) is 0 Å². The van der Waals surface area contributed by atoms with Crippen LogP contribution in [0.15, 0.2) is 0 Å². The first-order valence-electron chi connectivity index (χ1n) is 4.27. The maximum atomic E-state index is 11.7. The van der Waals surface area contributed by atoms with Gasteiger partial charge in [-0.05, 0) is 14.0 Å². The topological polar surface area (TPSA) is 12.5 Å². The van der Waals surface area contributed by atoms with Gasteiger partial charge in [-0.3, -0.25) is 0 Å². The summed E-state index contributed by atoms with van der Waals surface area (Å²) in [6.45, 7) is 1.43. The largest absolute Gasteiger partial charge is 0.411 e. The molecule has 0 spiro atoms. The molecule has 0 rings (SSSR count). The molecule has 0 fully saturated rings. The highest BCUT2D eigenvalue weighted by molar-refractivity contribution is 9.09. The summed E-state index contributed by atoms with van der Waals surface area (Å²) in [6, 6.07) is 0.296. The van der Waals surface area contributed by atoms with E-state index in [2.05, 4.69) is 20.7 Å². The van der Waals surface area contributed by atoms with Crippen LogP contribution in [0, 0.1) is 0 Å². The Morgan fingerprint density at radius 2 is 2.00 bits per heavy atom. The van der Waals surface area contributed by atoms with Crippen molar-refractivity contribution in [1.29, 1.82) is 0 Å². The molecule has 0 N–H and O–H groups in total. The molecule has 0 aliphatic carbocycles. The van der Waals surface area contributed by atoms with E-state index in [9.17, 15) is 13.2 Å². The Balaban J connectivity index is 3.45. The molecule has 0 aromatic carbocycles. The molecule has 0 amide bonds. The predicted molar refractivity (Wildman–Crippen MR) is 52.8 cm³/mol. The predicted octanol–water partition coefficient (Wildman–Crippen LogP) is 2.28. The third-order valence-electron chi connectivity index (χ3n) is 1.83. The Bertz CT molecular complexity index is 154. The highest BCUT2D eigenvalue weighted by atomic mass is 79.9. The lowest BCUT2D eigenvalue weighted by molar-refractivity contribution is -0.174. The van der Waals surface area contributed by atoms with E-state index in [4.69, 9.17) is 0 Å². The van der Waals surface area contributed by atoms with Gasteiger partial charge in [-0.25, -0.2) is 0 Å². The van der Waals surface area contributed by atoms with E-state index in [1.165, 1.54) is 0 Å². The van der Waals surface area contributed by atoms with Gasteiger partial charge in [0, 0.05) is 17.9 Å². The lowest BCUT2D eigenvalue weighted by Gasteiger charge is -2.22. The minimum absolute atomic E-state index is 0.105. The zero-order valence-electron chi connectivity index (χ0n) is 8.27. The summed E-state index contributed by atoms with van der Waals surface area (Å²) in [5.41, 5.74) is 0. The van der Waals surface area contributed by atoms with Crippen molar-refractivity contribution in [2.45, 2.75) is 19.1 Å². The summed E-state index contributed by atoms with van der Waals surface area (Å²) in [5, 5.41) is 0.794. The van der Waals surface area contributed by atoms with E-state index < -0.39 is 12.8 Å². The second-order valence-electron chi connectivity index (χ2n) is 3.15. The number of likely N-dealkylation sites (N-methyl/N-ethyl adjacent to an activating group) is 1. The van der Waals surface area contributed by atoms with Crippen LogP contribution in [0.2, 0.25) is 0 Å². The Morgan fingerprint density at radius 3 is 2.43 bits per heavy atom. The molecule has 0 aliphatic heterocycles. The van der Waals surface area contributed by atoms with Gasteiger partial charge in [0.2, 0.25) is 0 Å². The number of ether oxygens (including phenoxy) is 1. The molecule has 1 unspecified atom stereocenters. The van der Waals surface area contributed by atoms with Gasteiger partial charge in [0.15, 0.2) is 0 Å². The van der Waals surface area contributed by atoms with Crippen molar-refractivity contribution in [1.82, 2.24) is 4.90 Å². The van der Waals surface area contributed by atoms with E-state index in [0.717, 1.165) is 5.33 Å². The Kier molecular flexibility index (Phi) is 6.72. The summed E-state index contributed by atoms with van der Waals surface area (Å²) < 4.78 is 39.5. The third-order valence-corrected chi connectivity index (χ3v) is 2.77. The zero-order chi connectivity index (χ0) is 11.2. The van der Waals surface area contributed by atoms with E-state index in [0.29, 0.717) is 12.6 Å². The standard InChI is InChI=1S/C8H15BrF3NO/c1-7(5-9)13(2)3-4-14-6-8(10,11)12/h7H,3-6H2,1-2H3. The van der Waals surface area contributed by atoms with Crippen molar-refractivity contribution in [3.05, 3.63) is 0 Å². The van der Waals surface area contributed by atoms with E-state index in [-0.39, 0.29) is 6.61 Å². The maximum absolute atomic E-state index is 11.7. The zero-order valence-corrected chi connectivity index (χ0v) is 9.86. The molecule has 0 aromatic heterocycles. The van der Waals surface area contributed by atoms with Crippen LogP contribution in [0.1, 0.15) is 6.92 Å². The van der Waals surface area contributed by atoms with Gasteiger partial charge in [0.25, 0.3) is 0 Å². The van der Waals surface area contributed by atoms with Crippen LogP contribution < -0.4 is 0 Å². The number of hydrogen-bond acceptors (Lipinski definition) is 2. The van der Waals surface area contributed by atoms with Crippen LogP contribution in [0.3, 0.4) is 0 Å². The SMILES string of the molecule is CC(CBr)N(C)CCOCC(F)(F)F. The van der Waals surface area contributed by atoms with Gasteiger partial charge in [-0.1, -0.05) is 15.9 Å². The molecular formula is C8H15BrF3NO. The molecule has 14 heavy (non-hydrogen) atoms. The Morgan fingerprint density at radius 1 is 1.43 bits per heavy atom. The van der Waals surface area contributed by atoms with Crippen LogP contribution >= 0.6 is 15.9 Å². The number of rotatable bonds is 6. The first-order chi connectivity index (χ1) is 6.37. The molecule has 0 saturated carbocycles. The number of nitrogens with zero attached hydrogens (tertiary/aromatic N) is 1. The molecule has 0 saturated heterocycles. The molecule has 0 aliphatic rings. The van der Waals surface area contributed by atoms with E-state index >= 15 is 0 Å². The average molecular weight is 278 g/mol. The first-order valence-corrected chi connectivity index (χ1v) is 5.39. The molecular weight excluding hydrogens is 263 g/mol. The van der Waals surface area contributed by atoms with Crippen molar-refractivity contribution in [2.75, 3.05) is 32.1 Å². The van der Waals surface area contributed by atoms with Crippen molar-refractivity contribution in [2.24, 2.45) is 0 Å². The molecule has 1 atom stereocenters. The van der Waals surface area contributed by atoms with Crippen LogP contribution in [-0.2, 0) is 4.74 Å². The summed E-state index contributed by atoms with van der Waals surface area (Å²) in [5.74, 6) is 0. The summed E-state index contributed by atoms with van der Waals surface area (Å²) in [6.07, 6.45) is -4.22. The summed E-state index contributed by atoms with van der Waals surface area (Å²) in [4.78, 5) is 1.94. The molecule has 86 valence electrons. The molecule has 2 nitrogen and oxygen atoms in total. The second-order valence-corrected chi connectivity index (χ2v) is 3.80. The van der Waals surface area contributed by atoms with Crippen LogP contribution in [0.25, 0.3) is 0 Å². The number of hydrogen-bond donors (Lipinski definition) is 0. The maximum Gasteiger partial charge on any atom is 0.411 e. The minimum Gasteiger partial charge on any atom is -0.371 e. The van der Waals surface area contributed by atoms with Gasteiger partial charge in [-0.15, -0.1) is 0 Å². The van der Waals surface area contributed by atoms with Crippen LogP contribution in [-0.4, -0.2) is 49.3 Å². The molecule has 0 radical (unpaired) electrons. The minimum atomic E-state index is -4.22. The monoisotopic (exact) mass is 277 g/mol. The highest BCUT2D eigenvalue weighted by Crippen LogP contribution is 2.14. The van der Waals surface area contributed by atoms with Crippen LogP contribution in [0.5, 0.6) is 0 Å². The van der Waals surface area contributed by atoms with Crippen molar-refractivity contribution >= 4 is 15.9 Å². The van der Waals surface area contributed by atoms with Crippen molar-refractivity contribution < 1.29 is 17.9 Å². The Hall–Kier alpha value is 0.190. The quantitative estimate of drug-likeness (QED) is 0.546. The molecule has 6 heteroatoms. The second kappa shape index (κ2) is 6.63. The summed E-state index contributed by atoms with van der Waals surface area (Å²) in [7, 11) is 1.85. The Labute approximate surface area is 90.5 Å². The smallest absolute Gasteiger partial charge is 0.371 e. The van der Waals surface area contributed by atoms with Gasteiger partial charge in [0.1, 0.15) is 6.61 Å². The normalized spacial score (nSPS) is 14.8. The lowest BCUT2D eigenvalue weighted by Crippen LogP contribution is -2.33. The van der Waals surface area contributed by atoms with Gasteiger partial charge >= 0.3 is 6.18 Å². The third kappa shape index (κ3) is 7.58. The number of alkyl halides is 4.